The Bertz CT molecular complexity index is 578. The fraction of sp³-hybridized carbons (Fsp3) is 0.611. The first-order chi connectivity index (χ1) is 10.5. The van der Waals surface area contributed by atoms with Gasteiger partial charge in [0.1, 0.15) is 0 Å². The largest absolute Gasteiger partial charge is 0.332 e. The fourth-order valence-corrected chi connectivity index (χ4v) is 6.07. The predicted molar refractivity (Wildman–Crippen MR) is 97.0 cm³/mol. The molecule has 0 heterocycles. The molecule has 0 atom stereocenters. The zero-order valence-corrected chi connectivity index (χ0v) is 15.2. The highest BCUT2D eigenvalue weighted by Gasteiger charge is 2.51. The maximum atomic E-state index is 12.5. The molecule has 0 saturated heterocycles. The summed E-state index contributed by atoms with van der Waals surface area (Å²) in [5.74, 6) is 2.56. The topological polar surface area (TPSA) is 41.1 Å². The second-order valence-electron chi connectivity index (χ2n) is 7.74. The summed E-state index contributed by atoms with van der Waals surface area (Å²) < 4.78 is 1.20. The van der Waals surface area contributed by atoms with Gasteiger partial charge in [-0.15, -0.1) is 0 Å². The number of amides is 2. The van der Waals surface area contributed by atoms with Gasteiger partial charge in [-0.1, -0.05) is 0 Å². The maximum absolute atomic E-state index is 12.5. The standard InChI is InChI=1S/C18H23IN2O/c1-11-4-15(19)2-3-16(11)20-17(22)21-18-8-12-5-13(9-18)7-14(6-12)10-18/h2-4,12-14H,5-10H2,1H3,(H2,20,21,22). The Morgan fingerprint density at radius 2 is 1.73 bits per heavy atom. The van der Waals surface area contributed by atoms with Gasteiger partial charge < -0.3 is 10.6 Å². The summed E-state index contributed by atoms with van der Waals surface area (Å²) in [5, 5.41) is 6.42. The molecule has 4 heteroatoms. The smallest absolute Gasteiger partial charge is 0.319 e. The van der Waals surface area contributed by atoms with Crippen molar-refractivity contribution in [2.75, 3.05) is 5.32 Å². The Morgan fingerprint density at radius 1 is 1.14 bits per heavy atom. The van der Waals surface area contributed by atoms with E-state index in [-0.39, 0.29) is 11.6 Å². The third-order valence-electron chi connectivity index (χ3n) is 5.85. The highest BCUT2D eigenvalue weighted by atomic mass is 127. The predicted octanol–water partition coefficient (Wildman–Crippen LogP) is 4.69. The molecule has 0 aromatic heterocycles. The van der Waals surface area contributed by atoms with Crippen LogP contribution in [-0.2, 0) is 0 Å². The van der Waals surface area contributed by atoms with Crippen molar-refractivity contribution in [2.24, 2.45) is 17.8 Å². The van der Waals surface area contributed by atoms with Gasteiger partial charge in [-0.3, -0.25) is 0 Å². The number of hydrogen-bond acceptors (Lipinski definition) is 1. The molecule has 3 nitrogen and oxygen atoms in total. The van der Waals surface area contributed by atoms with Crippen molar-refractivity contribution in [3.8, 4) is 0 Å². The fourth-order valence-electron chi connectivity index (χ4n) is 5.43. The van der Waals surface area contributed by atoms with E-state index in [9.17, 15) is 4.79 Å². The maximum Gasteiger partial charge on any atom is 0.319 e. The molecule has 0 unspecified atom stereocenters. The first kappa shape index (κ1) is 14.8. The van der Waals surface area contributed by atoms with E-state index in [1.54, 1.807) is 0 Å². The van der Waals surface area contributed by atoms with Crippen molar-refractivity contribution in [3.05, 3.63) is 27.3 Å². The van der Waals surface area contributed by atoms with E-state index in [1.165, 1.54) is 42.1 Å². The Balaban J connectivity index is 1.46. The number of benzene rings is 1. The molecule has 5 rings (SSSR count). The third-order valence-corrected chi connectivity index (χ3v) is 6.52. The number of urea groups is 1. The minimum Gasteiger partial charge on any atom is -0.332 e. The Hall–Kier alpha value is -0.780. The number of anilines is 1. The number of aryl methyl sites for hydroxylation is 1. The molecule has 1 aromatic carbocycles. The number of rotatable bonds is 2. The van der Waals surface area contributed by atoms with Gasteiger partial charge in [-0.05, 0) is 110 Å². The van der Waals surface area contributed by atoms with Gasteiger partial charge in [0.15, 0.2) is 0 Å². The molecule has 118 valence electrons. The first-order valence-corrected chi connectivity index (χ1v) is 9.44. The van der Waals surface area contributed by atoms with Crippen LogP contribution < -0.4 is 10.6 Å². The van der Waals surface area contributed by atoms with Crippen LogP contribution in [0.5, 0.6) is 0 Å². The number of halogens is 1. The van der Waals surface area contributed by atoms with E-state index in [0.717, 1.165) is 29.0 Å². The third kappa shape index (κ3) is 2.74. The lowest BCUT2D eigenvalue weighted by molar-refractivity contribution is -0.0127. The molecule has 22 heavy (non-hydrogen) atoms. The van der Waals surface area contributed by atoms with Crippen molar-refractivity contribution in [1.29, 1.82) is 0 Å². The summed E-state index contributed by atoms with van der Waals surface area (Å²) >= 11 is 2.30. The van der Waals surface area contributed by atoms with E-state index < -0.39 is 0 Å². The number of carbonyl (C=O) groups is 1. The number of nitrogens with one attached hydrogen (secondary N) is 2. The van der Waals surface area contributed by atoms with E-state index in [0.29, 0.717) is 0 Å². The molecular weight excluding hydrogens is 387 g/mol. The van der Waals surface area contributed by atoms with Gasteiger partial charge in [-0.2, -0.15) is 0 Å². The van der Waals surface area contributed by atoms with Crippen molar-refractivity contribution < 1.29 is 4.79 Å². The van der Waals surface area contributed by atoms with Gasteiger partial charge >= 0.3 is 6.03 Å². The summed E-state index contributed by atoms with van der Waals surface area (Å²) in [5.41, 5.74) is 2.12. The Labute approximate surface area is 145 Å². The van der Waals surface area contributed by atoms with E-state index in [1.807, 2.05) is 19.1 Å². The van der Waals surface area contributed by atoms with Gasteiger partial charge in [-0.25, -0.2) is 4.79 Å². The highest BCUT2D eigenvalue weighted by Crippen LogP contribution is 2.55. The van der Waals surface area contributed by atoms with Gasteiger partial charge in [0.25, 0.3) is 0 Å². The van der Waals surface area contributed by atoms with Crippen LogP contribution >= 0.6 is 22.6 Å². The average Bonchev–Trinajstić information content (AvgIpc) is 2.39. The minimum absolute atomic E-state index is 0.0220. The van der Waals surface area contributed by atoms with E-state index in [4.69, 9.17) is 0 Å². The van der Waals surface area contributed by atoms with Crippen LogP contribution in [0.4, 0.5) is 10.5 Å². The van der Waals surface area contributed by atoms with Crippen molar-refractivity contribution in [2.45, 2.75) is 51.0 Å². The molecular formula is C18H23IN2O. The van der Waals surface area contributed by atoms with Gasteiger partial charge in [0.05, 0.1) is 0 Å². The number of carbonyl (C=O) groups excluding carboxylic acids is 1. The molecule has 4 bridgehead atoms. The summed E-state index contributed by atoms with van der Waals surface area (Å²) in [4.78, 5) is 12.5. The average molecular weight is 410 g/mol. The molecule has 4 fully saturated rings. The molecule has 4 aliphatic rings. The van der Waals surface area contributed by atoms with Crippen LogP contribution in [0.15, 0.2) is 18.2 Å². The summed E-state index contributed by atoms with van der Waals surface area (Å²) in [6.07, 6.45) is 7.78. The van der Waals surface area contributed by atoms with Crippen LogP contribution in [0.2, 0.25) is 0 Å². The van der Waals surface area contributed by atoms with Crippen LogP contribution in [0.1, 0.15) is 44.1 Å². The molecule has 0 spiro atoms. The van der Waals surface area contributed by atoms with Gasteiger partial charge in [0.2, 0.25) is 0 Å². The quantitative estimate of drug-likeness (QED) is 0.683. The molecule has 4 aliphatic carbocycles. The minimum atomic E-state index is -0.0220. The second-order valence-corrected chi connectivity index (χ2v) is 8.98. The Morgan fingerprint density at radius 3 is 2.27 bits per heavy atom. The molecule has 0 aliphatic heterocycles. The molecule has 4 saturated carbocycles. The van der Waals surface area contributed by atoms with Crippen LogP contribution in [-0.4, -0.2) is 11.6 Å². The highest BCUT2D eigenvalue weighted by molar-refractivity contribution is 14.1. The normalized spacial score (nSPS) is 35.5. The van der Waals surface area contributed by atoms with Gasteiger partial charge in [0, 0.05) is 14.8 Å². The lowest BCUT2D eigenvalue weighted by atomic mass is 9.53. The van der Waals surface area contributed by atoms with Crippen molar-refractivity contribution in [3.63, 3.8) is 0 Å². The van der Waals surface area contributed by atoms with Crippen molar-refractivity contribution >= 4 is 34.3 Å². The molecule has 2 amide bonds. The molecule has 1 aromatic rings. The Kier molecular flexibility index (Phi) is 3.62. The van der Waals surface area contributed by atoms with E-state index >= 15 is 0 Å². The summed E-state index contributed by atoms with van der Waals surface area (Å²) in [6, 6.07) is 6.11. The lowest BCUT2D eigenvalue weighted by Gasteiger charge is -2.56. The second kappa shape index (κ2) is 5.39. The zero-order valence-electron chi connectivity index (χ0n) is 13.0. The van der Waals surface area contributed by atoms with E-state index in [2.05, 4.69) is 39.3 Å². The van der Waals surface area contributed by atoms with Crippen LogP contribution in [0, 0.1) is 28.2 Å². The number of hydrogen-bond donors (Lipinski definition) is 2. The van der Waals surface area contributed by atoms with Crippen LogP contribution in [0.25, 0.3) is 0 Å². The lowest BCUT2D eigenvalue weighted by Crippen LogP contribution is -2.60. The summed E-state index contributed by atoms with van der Waals surface area (Å²) in [6.45, 7) is 2.04. The first-order valence-electron chi connectivity index (χ1n) is 8.37. The SMILES string of the molecule is Cc1cc(I)ccc1NC(=O)NC12CC3CC(CC(C3)C1)C2. The monoisotopic (exact) mass is 410 g/mol. The van der Waals surface area contributed by atoms with Crippen LogP contribution in [0.3, 0.4) is 0 Å². The zero-order chi connectivity index (χ0) is 15.3. The molecule has 0 radical (unpaired) electrons. The summed E-state index contributed by atoms with van der Waals surface area (Å²) in [7, 11) is 0. The van der Waals surface area contributed by atoms with Crippen molar-refractivity contribution in [1.82, 2.24) is 5.32 Å². The molecule has 2 N–H and O–H groups in total.